The molecule has 80 valence electrons. The number of benzene rings is 1. The Balaban J connectivity index is 2.23. The first-order chi connectivity index (χ1) is 7.78. The molecule has 3 nitrogen and oxygen atoms in total. The van der Waals surface area contributed by atoms with Gasteiger partial charge in [0.1, 0.15) is 11.5 Å². The third-order valence-electron chi connectivity index (χ3n) is 1.90. The molecule has 0 aliphatic carbocycles. The number of hydrogen-bond acceptors (Lipinski definition) is 3. The van der Waals surface area contributed by atoms with E-state index in [1.165, 1.54) is 12.4 Å². The number of aromatic nitrogens is 1. The zero-order valence-corrected chi connectivity index (χ0v) is 9.02. The molecule has 2 rings (SSSR count). The summed E-state index contributed by atoms with van der Waals surface area (Å²) in [4.78, 5) is 14.4. The van der Waals surface area contributed by atoms with Crippen molar-refractivity contribution in [3.8, 4) is 11.5 Å². The van der Waals surface area contributed by atoms with Crippen LogP contribution in [0.4, 0.5) is 0 Å². The van der Waals surface area contributed by atoms with Crippen LogP contribution in [-0.2, 0) is 0 Å². The Morgan fingerprint density at radius 1 is 1.19 bits per heavy atom. The highest BCUT2D eigenvalue weighted by atomic mass is 35.5. The fraction of sp³-hybridized carbons (Fsp3) is 0. The van der Waals surface area contributed by atoms with E-state index in [4.69, 9.17) is 16.3 Å². The number of halogens is 1. The highest BCUT2D eigenvalue weighted by Crippen LogP contribution is 2.23. The topological polar surface area (TPSA) is 39.2 Å². The Morgan fingerprint density at radius 2 is 2.06 bits per heavy atom. The lowest BCUT2D eigenvalue weighted by Gasteiger charge is -2.05. The summed E-state index contributed by atoms with van der Waals surface area (Å²) in [5, 5.41) is 0.594. The molecule has 0 radical (unpaired) electrons. The van der Waals surface area contributed by atoms with Crippen molar-refractivity contribution < 1.29 is 9.53 Å². The zero-order chi connectivity index (χ0) is 11.4. The molecule has 1 aromatic heterocycles. The molecule has 0 amide bonds. The smallest absolute Gasteiger partial charge is 0.151 e. The second-order valence-electron chi connectivity index (χ2n) is 3.13. The van der Waals surface area contributed by atoms with Crippen molar-refractivity contribution in [3.05, 3.63) is 53.3 Å². The van der Waals surface area contributed by atoms with Gasteiger partial charge in [-0.1, -0.05) is 17.7 Å². The summed E-state index contributed by atoms with van der Waals surface area (Å²) in [6, 6.07) is 8.62. The summed E-state index contributed by atoms with van der Waals surface area (Å²) < 4.78 is 5.50. The van der Waals surface area contributed by atoms with Crippen LogP contribution in [0.15, 0.2) is 42.7 Å². The number of hydrogen-bond donors (Lipinski definition) is 0. The minimum atomic E-state index is 0.472. The summed E-state index contributed by atoms with van der Waals surface area (Å²) in [6.45, 7) is 0. The third kappa shape index (κ3) is 2.58. The normalized spacial score (nSPS) is 9.81. The van der Waals surface area contributed by atoms with E-state index in [9.17, 15) is 4.79 Å². The molecule has 16 heavy (non-hydrogen) atoms. The van der Waals surface area contributed by atoms with Crippen molar-refractivity contribution in [2.45, 2.75) is 0 Å². The van der Waals surface area contributed by atoms with Gasteiger partial charge in [0.25, 0.3) is 0 Å². The fourth-order valence-electron chi connectivity index (χ4n) is 1.22. The largest absolute Gasteiger partial charge is 0.456 e. The van der Waals surface area contributed by atoms with Crippen LogP contribution in [-0.4, -0.2) is 11.3 Å². The van der Waals surface area contributed by atoms with E-state index in [-0.39, 0.29) is 0 Å². The molecule has 0 saturated carbocycles. The van der Waals surface area contributed by atoms with Crippen molar-refractivity contribution in [1.82, 2.24) is 4.98 Å². The van der Waals surface area contributed by atoms with Gasteiger partial charge in [0.2, 0.25) is 0 Å². The summed E-state index contributed by atoms with van der Waals surface area (Å²) in [6.07, 6.45) is 3.73. The number of aldehydes is 1. The second kappa shape index (κ2) is 4.77. The number of carbonyl (C=O) groups is 1. The van der Waals surface area contributed by atoms with E-state index in [2.05, 4.69) is 4.98 Å². The Hall–Kier alpha value is -1.87. The van der Waals surface area contributed by atoms with Crippen LogP contribution >= 0.6 is 11.6 Å². The first-order valence-corrected chi connectivity index (χ1v) is 4.99. The highest BCUT2D eigenvalue weighted by Gasteiger charge is 1.99. The van der Waals surface area contributed by atoms with Crippen LogP contribution in [0.5, 0.6) is 11.5 Å². The van der Waals surface area contributed by atoms with Gasteiger partial charge in [-0.2, -0.15) is 0 Å². The van der Waals surface area contributed by atoms with E-state index >= 15 is 0 Å². The number of carbonyl (C=O) groups excluding carboxylic acids is 1. The monoisotopic (exact) mass is 233 g/mol. The fourth-order valence-corrected chi connectivity index (χ4v) is 1.40. The van der Waals surface area contributed by atoms with Gasteiger partial charge in [0.15, 0.2) is 6.29 Å². The van der Waals surface area contributed by atoms with Crippen LogP contribution in [0.1, 0.15) is 10.4 Å². The van der Waals surface area contributed by atoms with Crippen LogP contribution in [0.2, 0.25) is 5.02 Å². The highest BCUT2D eigenvalue weighted by molar-refractivity contribution is 6.30. The molecule has 2 aromatic rings. The number of ether oxygens (including phenoxy) is 1. The summed E-state index contributed by atoms with van der Waals surface area (Å²) in [5.74, 6) is 1.12. The van der Waals surface area contributed by atoms with E-state index in [1.807, 2.05) is 0 Å². The van der Waals surface area contributed by atoms with Crippen molar-refractivity contribution in [3.63, 3.8) is 0 Å². The maximum absolute atomic E-state index is 10.5. The zero-order valence-electron chi connectivity index (χ0n) is 8.26. The van der Waals surface area contributed by atoms with Gasteiger partial charge >= 0.3 is 0 Å². The molecule has 0 saturated heterocycles. The number of pyridine rings is 1. The molecule has 0 bridgehead atoms. The maximum Gasteiger partial charge on any atom is 0.151 e. The summed E-state index contributed by atoms with van der Waals surface area (Å²) in [7, 11) is 0. The predicted octanol–water partition coefficient (Wildman–Crippen LogP) is 3.34. The van der Waals surface area contributed by atoms with E-state index < -0.39 is 0 Å². The predicted molar refractivity (Wildman–Crippen MR) is 61.2 cm³/mol. The number of nitrogens with zero attached hydrogens (tertiary/aromatic N) is 1. The molecule has 0 aliphatic heterocycles. The average Bonchev–Trinajstić information content (AvgIpc) is 2.29. The van der Waals surface area contributed by atoms with Gasteiger partial charge < -0.3 is 4.74 Å². The Labute approximate surface area is 97.7 Å². The SMILES string of the molecule is O=Cc1cncc(Oc2cccc(Cl)c2)c1. The average molecular weight is 234 g/mol. The summed E-state index contributed by atoms with van der Waals surface area (Å²) >= 11 is 5.82. The van der Waals surface area contributed by atoms with Gasteiger partial charge in [0, 0.05) is 16.8 Å². The van der Waals surface area contributed by atoms with Crippen molar-refractivity contribution in [2.75, 3.05) is 0 Å². The van der Waals surface area contributed by atoms with Crippen molar-refractivity contribution >= 4 is 17.9 Å². The lowest BCUT2D eigenvalue weighted by Crippen LogP contribution is -1.88. The molecule has 1 aromatic carbocycles. The molecule has 1 heterocycles. The van der Waals surface area contributed by atoms with Gasteiger partial charge in [-0.25, -0.2) is 0 Å². The van der Waals surface area contributed by atoms with Crippen molar-refractivity contribution in [1.29, 1.82) is 0 Å². The van der Waals surface area contributed by atoms with Gasteiger partial charge in [0.05, 0.1) is 6.20 Å². The van der Waals surface area contributed by atoms with Gasteiger partial charge in [-0.05, 0) is 24.3 Å². The number of rotatable bonds is 3. The van der Waals surface area contributed by atoms with E-state index in [0.717, 1.165) is 6.29 Å². The minimum absolute atomic E-state index is 0.472. The Bertz CT molecular complexity index is 514. The molecular weight excluding hydrogens is 226 g/mol. The Kier molecular flexibility index (Phi) is 3.17. The minimum Gasteiger partial charge on any atom is -0.456 e. The van der Waals surface area contributed by atoms with Crippen LogP contribution in [0.25, 0.3) is 0 Å². The van der Waals surface area contributed by atoms with E-state index in [1.54, 1.807) is 30.3 Å². The Morgan fingerprint density at radius 3 is 2.81 bits per heavy atom. The molecule has 0 N–H and O–H groups in total. The maximum atomic E-state index is 10.5. The first kappa shape index (κ1) is 10.6. The summed E-state index contributed by atoms with van der Waals surface area (Å²) in [5.41, 5.74) is 0.472. The molecule has 0 fully saturated rings. The third-order valence-corrected chi connectivity index (χ3v) is 2.14. The molecule has 0 atom stereocenters. The lowest BCUT2D eigenvalue weighted by atomic mass is 10.3. The van der Waals surface area contributed by atoms with Gasteiger partial charge in [-0.3, -0.25) is 9.78 Å². The lowest BCUT2D eigenvalue weighted by molar-refractivity contribution is 0.112. The van der Waals surface area contributed by atoms with Crippen molar-refractivity contribution in [2.24, 2.45) is 0 Å². The van der Waals surface area contributed by atoms with E-state index in [0.29, 0.717) is 22.1 Å². The standard InChI is InChI=1S/C12H8ClNO2/c13-10-2-1-3-11(5-10)16-12-4-9(8-15)6-14-7-12/h1-8H. The van der Waals surface area contributed by atoms with Crippen LogP contribution in [0.3, 0.4) is 0 Å². The molecule has 0 aliphatic rings. The van der Waals surface area contributed by atoms with Gasteiger partial charge in [-0.15, -0.1) is 0 Å². The second-order valence-corrected chi connectivity index (χ2v) is 3.57. The molecule has 0 spiro atoms. The molecular formula is C12H8ClNO2. The van der Waals surface area contributed by atoms with Crippen LogP contribution < -0.4 is 4.74 Å². The quantitative estimate of drug-likeness (QED) is 0.764. The first-order valence-electron chi connectivity index (χ1n) is 4.61. The molecule has 0 unspecified atom stereocenters. The van der Waals surface area contributed by atoms with Crippen LogP contribution in [0, 0.1) is 0 Å². The molecule has 4 heteroatoms.